The van der Waals surface area contributed by atoms with Crippen LogP contribution in [0.2, 0.25) is 0 Å². The highest BCUT2D eigenvalue weighted by Crippen LogP contribution is 2.16. The number of pyridine rings is 1. The van der Waals surface area contributed by atoms with E-state index in [1.807, 2.05) is 24.5 Å². The summed E-state index contributed by atoms with van der Waals surface area (Å²) in [5.41, 5.74) is 1.17. The zero-order valence-corrected chi connectivity index (χ0v) is 18.3. The Morgan fingerprint density at radius 3 is 2.47 bits per heavy atom. The number of amides is 2. The maximum absolute atomic E-state index is 12.8. The van der Waals surface area contributed by atoms with Crippen molar-refractivity contribution in [2.24, 2.45) is 0 Å². The van der Waals surface area contributed by atoms with E-state index in [1.54, 1.807) is 42.2 Å². The van der Waals surface area contributed by atoms with E-state index in [0.29, 0.717) is 17.7 Å². The van der Waals surface area contributed by atoms with Gasteiger partial charge in [0.25, 0.3) is 5.91 Å². The maximum Gasteiger partial charge on any atom is 0.251 e. The first-order valence-electron chi connectivity index (χ1n) is 10.1. The van der Waals surface area contributed by atoms with Crippen LogP contribution in [0.3, 0.4) is 0 Å². The second kappa shape index (κ2) is 11.0. The quantitative estimate of drug-likeness (QED) is 0.673. The average Bonchev–Trinajstić information content (AvgIpc) is 2.78. The Balaban J connectivity index is 1.61. The van der Waals surface area contributed by atoms with Gasteiger partial charge in [0.15, 0.2) is 0 Å². The minimum Gasteiger partial charge on any atom is -0.354 e. The van der Waals surface area contributed by atoms with Crippen LogP contribution in [-0.4, -0.2) is 73.0 Å². The van der Waals surface area contributed by atoms with E-state index in [2.05, 4.69) is 32.5 Å². The molecule has 2 aromatic rings. The van der Waals surface area contributed by atoms with Crippen molar-refractivity contribution in [1.82, 2.24) is 15.2 Å². The standard InChI is InChI=1S/C22H29N5O2S/c1-26-11-13-27(14-12-26)20-9-8-18(16-23-20)24-22(29)19(10-15-30-2)25-21(28)17-6-4-3-5-7-17/h3-9,16,19H,10-15H2,1-2H3,(H,24,29)(H,25,28)/t19-/m1/s1. The Morgan fingerprint density at radius 2 is 1.83 bits per heavy atom. The lowest BCUT2D eigenvalue weighted by Crippen LogP contribution is -2.45. The monoisotopic (exact) mass is 427 g/mol. The third-order valence-corrected chi connectivity index (χ3v) is 5.76. The van der Waals surface area contributed by atoms with Crippen LogP contribution in [0.4, 0.5) is 11.5 Å². The van der Waals surface area contributed by atoms with E-state index >= 15 is 0 Å². The highest BCUT2D eigenvalue weighted by Gasteiger charge is 2.22. The molecule has 0 radical (unpaired) electrons. The number of carbonyl (C=O) groups excluding carboxylic acids is 2. The molecule has 1 aromatic carbocycles. The molecule has 160 valence electrons. The number of nitrogens with zero attached hydrogens (tertiary/aromatic N) is 3. The molecule has 1 fully saturated rings. The minimum atomic E-state index is -0.609. The molecule has 2 N–H and O–H groups in total. The summed E-state index contributed by atoms with van der Waals surface area (Å²) in [7, 11) is 2.12. The zero-order valence-electron chi connectivity index (χ0n) is 17.5. The number of piperazine rings is 1. The number of aromatic nitrogens is 1. The van der Waals surface area contributed by atoms with Crippen LogP contribution in [0.5, 0.6) is 0 Å². The van der Waals surface area contributed by atoms with Crippen molar-refractivity contribution in [3.63, 3.8) is 0 Å². The predicted octanol–water partition coefficient (Wildman–Crippen LogP) is 2.32. The Kier molecular flexibility index (Phi) is 8.10. The van der Waals surface area contributed by atoms with Gasteiger partial charge in [-0.3, -0.25) is 9.59 Å². The molecule has 7 nitrogen and oxygen atoms in total. The second-order valence-electron chi connectivity index (χ2n) is 7.36. The van der Waals surface area contributed by atoms with Crippen LogP contribution in [0.15, 0.2) is 48.7 Å². The smallest absolute Gasteiger partial charge is 0.251 e. The van der Waals surface area contributed by atoms with E-state index in [4.69, 9.17) is 0 Å². The van der Waals surface area contributed by atoms with Crippen LogP contribution >= 0.6 is 11.8 Å². The summed E-state index contributed by atoms with van der Waals surface area (Å²) in [5, 5.41) is 5.75. The normalized spacial score (nSPS) is 15.5. The molecule has 0 spiro atoms. The highest BCUT2D eigenvalue weighted by atomic mass is 32.2. The molecule has 1 saturated heterocycles. The van der Waals surface area contributed by atoms with Gasteiger partial charge in [-0.05, 0) is 49.7 Å². The number of likely N-dealkylation sites (N-methyl/N-ethyl adjacent to an activating group) is 1. The summed E-state index contributed by atoms with van der Waals surface area (Å²) >= 11 is 1.64. The molecule has 0 aliphatic carbocycles. The first-order chi connectivity index (χ1) is 14.6. The largest absolute Gasteiger partial charge is 0.354 e. The molecular formula is C22H29N5O2S. The lowest BCUT2D eigenvalue weighted by atomic mass is 10.1. The Hall–Kier alpha value is -2.58. The molecule has 1 aromatic heterocycles. The van der Waals surface area contributed by atoms with Crippen molar-refractivity contribution in [1.29, 1.82) is 0 Å². The third kappa shape index (κ3) is 6.21. The molecule has 0 bridgehead atoms. The van der Waals surface area contributed by atoms with Crippen molar-refractivity contribution in [3.05, 3.63) is 54.2 Å². The minimum absolute atomic E-state index is 0.234. The number of carbonyl (C=O) groups is 2. The third-order valence-electron chi connectivity index (χ3n) is 5.11. The van der Waals surface area contributed by atoms with E-state index < -0.39 is 6.04 Å². The fraction of sp³-hybridized carbons (Fsp3) is 0.409. The number of benzene rings is 1. The fourth-order valence-electron chi connectivity index (χ4n) is 3.25. The maximum atomic E-state index is 12.8. The van der Waals surface area contributed by atoms with Gasteiger partial charge in [0.1, 0.15) is 11.9 Å². The van der Waals surface area contributed by atoms with Crippen molar-refractivity contribution >= 4 is 35.1 Å². The first-order valence-corrected chi connectivity index (χ1v) is 11.5. The van der Waals surface area contributed by atoms with Crippen molar-refractivity contribution in [3.8, 4) is 0 Å². The SMILES string of the molecule is CSCC[C@@H](NC(=O)c1ccccc1)C(=O)Nc1ccc(N2CCN(C)CC2)nc1. The van der Waals surface area contributed by atoms with Gasteiger partial charge in [-0.15, -0.1) is 0 Å². The lowest BCUT2D eigenvalue weighted by molar-refractivity contribution is -0.118. The van der Waals surface area contributed by atoms with Gasteiger partial charge in [0.2, 0.25) is 5.91 Å². The number of nitrogens with one attached hydrogen (secondary N) is 2. The molecule has 0 saturated carbocycles. The average molecular weight is 428 g/mol. The molecule has 1 aliphatic heterocycles. The molecular weight excluding hydrogens is 398 g/mol. The van der Waals surface area contributed by atoms with Crippen LogP contribution in [0.25, 0.3) is 0 Å². The van der Waals surface area contributed by atoms with Gasteiger partial charge in [-0.25, -0.2) is 4.98 Å². The number of hydrogen-bond donors (Lipinski definition) is 2. The summed E-state index contributed by atoms with van der Waals surface area (Å²) in [6.45, 7) is 3.91. The van der Waals surface area contributed by atoms with Gasteiger partial charge in [0, 0.05) is 31.7 Å². The molecule has 8 heteroatoms. The van der Waals surface area contributed by atoms with Crippen molar-refractivity contribution < 1.29 is 9.59 Å². The van der Waals surface area contributed by atoms with Gasteiger partial charge in [-0.2, -0.15) is 11.8 Å². The Labute approximate surface area is 182 Å². The molecule has 3 rings (SSSR count). The van der Waals surface area contributed by atoms with E-state index in [1.165, 1.54) is 0 Å². The zero-order chi connectivity index (χ0) is 21.3. The molecule has 30 heavy (non-hydrogen) atoms. The molecule has 0 unspecified atom stereocenters. The summed E-state index contributed by atoms with van der Waals surface area (Å²) < 4.78 is 0. The van der Waals surface area contributed by atoms with Crippen LogP contribution in [0.1, 0.15) is 16.8 Å². The number of hydrogen-bond acceptors (Lipinski definition) is 6. The molecule has 2 amide bonds. The van der Waals surface area contributed by atoms with Gasteiger partial charge >= 0.3 is 0 Å². The van der Waals surface area contributed by atoms with Gasteiger partial charge in [-0.1, -0.05) is 18.2 Å². The van der Waals surface area contributed by atoms with E-state index in [9.17, 15) is 9.59 Å². The number of thioether (sulfide) groups is 1. The molecule has 1 aliphatic rings. The summed E-state index contributed by atoms with van der Waals surface area (Å²) in [6, 6.07) is 12.1. The predicted molar refractivity (Wildman–Crippen MR) is 123 cm³/mol. The second-order valence-corrected chi connectivity index (χ2v) is 8.34. The molecule has 2 heterocycles. The number of rotatable bonds is 8. The van der Waals surface area contributed by atoms with E-state index in [0.717, 1.165) is 37.7 Å². The van der Waals surface area contributed by atoms with E-state index in [-0.39, 0.29) is 11.8 Å². The molecule has 1 atom stereocenters. The van der Waals surface area contributed by atoms with Crippen LogP contribution in [-0.2, 0) is 4.79 Å². The van der Waals surface area contributed by atoms with Crippen LogP contribution < -0.4 is 15.5 Å². The van der Waals surface area contributed by atoms with Crippen LogP contribution in [0, 0.1) is 0 Å². The Bertz CT molecular complexity index is 823. The summed E-state index contributed by atoms with van der Waals surface area (Å²) in [4.78, 5) is 34.4. The topological polar surface area (TPSA) is 77.6 Å². The van der Waals surface area contributed by atoms with Gasteiger partial charge < -0.3 is 20.4 Å². The van der Waals surface area contributed by atoms with Crippen molar-refractivity contribution in [2.75, 3.05) is 55.5 Å². The van der Waals surface area contributed by atoms with Crippen molar-refractivity contribution in [2.45, 2.75) is 12.5 Å². The summed E-state index contributed by atoms with van der Waals surface area (Å²) in [5.74, 6) is 1.20. The fourth-order valence-corrected chi connectivity index (χ4v) is 3.72. The lowest BCUT2D eigenvalue weighted by Gasteiger charge is -2.33. The Morgan fingerprint density at radius 1 is 1.10 bits per heavy atom. The van der Waals surface area contributed by atoms with Gasteiger partial charge in [0.05, 0.1) is 11.9 Å². The first kappa shape index (κ1) is 22.1. The number of anilines is 2. The highest BCUT2D eigenvalue weighted by molar-refractivity contribution is 7.98. The summed E-state index contributed by atoms with van der Waals surface area (Å²) in [6.07, 6.45) is 4.21.